The first-order valence-corrected chi connectivity index (χ1v) is 11.3. The minimum atomic E-state index is -0.788. The summed E-state index contributed by atoms with van der Waals surface area (Å²) in [5, 5.41) is 5.78. The number of nitrogens with zero attached hydrogens (tertiary/aromatic N) is 1. The summed E-state index contributed by atoms with van der Waals surface area (Å²) in [6.45, 7) is 4.60. The maximum atomic E-state index is 13.0. The normalized spacial score (nSPS) is 11.0. The van der Waals surface area contributed by atoms with Crippen molar-refractivity contribution < 1.29 is 19.1 Å². The second kappa shape index (κ2) is 12.2. The summed E-state index contributed by atoms with van der Waals surface area (Å²) in [6.07, 6.45) is 1.51. The van der Waals surface area contributed by atoms with E-state index < -0.39 is 18.5 Å². The molecule has 3 rings (SSSR count). The molecule has 0 aromatic heterocycles. The van der Waals surface area contributed by atoms with Crippen molar-refractivity contribution in [3.63, 3.8) is 0 Å². The predicted octanol–water partition coefficient (Wildman–Crippen LogP) is 4.89. The Morgan fingerprint density at radius 1 is 0.857 bits per heavy atom. The van der Waals surface area contributed by atoms with Crippen LogP contribution in [0.4, 0.5) is 17.1 Å². The van der Waals surface area contributed by atoms with Gasteiger partial charge in [0, 0.05) is 30.0 Å². The molecule has 0 radical (unpaired) electrons. The maximum Gasteiger partial charge on any atom is 0.355 e. The lowest BCUT2D eigenvalue weighted by atomic mass is 10.2. The summed E-state index contributed by atoms with van der Waals surface area (Å²) in [4.78, 5) is 38.8. The molecule has 3 aromatic rings. The molecule has 0 aliphatic heterocycles. The van der Waals surface area contributed by atoms with E-state index in [0.717, 1.165) is 11.4 Å². The van der Waals surface area contributed by atoms with Gasteiger partial charge < -0.3 is 20.3 Å². The number of nitrogens with one attached hydrogen (secondary N) is 2. The molecule has 0 bridgehead atoms. The molecule has 180 valence electrons. The molecule has 3 aromatic carbocycles. The highest BCUT2D eigenvalue weighted by atomic mass is 16.5. The third-order valence-electron chi connectivity index (χ3n) is 4.96. The molecule has 0 atom stereocenters. The van der Waals surface area contributed by atoms with Crippen LogP contribution in [0.5, 0.6) is 0 Å². The third kappa shape index (κ3) is 7.57. The van der Waals surface area contributed by atoms with E-state index >= 15 is 0 Å². The Morgan fingerprint density at radius 2 is 1.43 bits per heavy atom. The van der Waals surface area contributed by atoms with E-state index in [1.165, 1.54) is 13.0 Å². The zero-order chi connectivity index (χ0) is 25.2. The number of amides is 2. The highest BCUT2D eigenvalue weighted by molar-refractivity contribution is 6.00. The van der Waals surface area contributed by atoms with Gasteiger partial charge in [0.05, 0.1) is 0 Å². The van der Waals surface area contributed by atoms with Crippen molar-refractivity contribution in [3.05, 3.63) is 96.2 Å². The van der Waals surface area contributed by atoms with Gasteiger partial charge >= 0.3 is 5.97 Å². The van der Waals surface area contributed by atoms with E-state index in [2.05, 4.69) is 10.6 Å². The van der Waals surface area contributed by atoms with Crippen molar-refractivity contribution >= 4 is 40.9 Å². The number of ether oxygens (including phenoxy) is 1. The zero-order valence-electron chi connectivity index (χ0n) is 20.0. The van der Waals surface area contributed by atoms with Crippen molar-refractivity contribution in [2.75, 3.05) is 16.8 Å². The average Bonchev–Trinajstić information content (AvgIpc) is 2.84. The molecule has 35 heavy (non-hydrogen) atoms. The molecule has 2 N–H and O–H groups in total. The molecular weight excluding hydrogens is 442 g/mol. The molecule has 2 amide bonds. The molecule has 0 saturated heterocycles. The molecule has 0 heterocycles. The Morgan fingerprint density at radius 3 is 2.00 bits per heavy atom. The van der Waals surface area contributed by atoms with Crippen LogP contribution < -0.4 is 15.5 Å². The van der Waals surface area contributed by atoms with Gasteiger partial charge in [-0.3, -0.25) is 9.59 Å². The molecule has 0 saturated carbocycles. The average molecular weight is 472 g/mol. The van der Waals surface area contributed by atoms with Crippen molar-refractivity contribution in [1.82, 2.24) is 5.32 Å². The summed E-state index contributed by atoms with van der Waals surface area (Å²) >= 11 is 0. The van der Waals surface area contributed by atoms with E-state index in [1.54, 1.807) is 17.0 Å². The molecule has 0 aliphatic rings. The van der Waals surface area contributed by atoms with Gasteiger partial charge in [-0.25, -0.2) is 4.79 Å². The summed E-state index contributed by atoms with van der Waals surface area (Å²) in [5.41, 5.74) is 3.20. The monoisotopic (exact) mass is 471 g/mol. The second-order valence-electron chi connectivity index (χ2n) is 8.12. The number of hydrogen-bond donors (Lipinski definition) is 2. The predicted molar refractivity (Wildman–Crippen MR) is 138 cm³/mol. The number of benzene rings is 3. The van der Waals surface area contributed by atoms with Crippen molar-refractivity contribution in [2.45, 2.75) is 26.8 Å². The minimum Gasteiger partial charge on any atom is -0.451 e. The summed E-state index contributed by atoms with van der Waals surface area (Å²) in [6, 6.07) is 26.1. The van der Waals surface area contributed by atoms with Crippen LogP contribution in [0.2, 0.25) is 0 Å². The molecule has 0 unspecified atom stereocenters. The number of hydrogen-bond acceptors (Lipinski definition) is 5. The summed E-state index contributed by atoms with van der Waals surface area (Å²) < 4.78 is 5.27. The van der Waals surface area contributed by atoms with Crippen LogP contribution in [0, 0.1) is 0 Å². The largest absolute Gasteiger partial charge is 0.451 e. The molecule has 0 aliphatic carbocycles. The second-order valence-corrected chi connectivity index (χ2v) is 8.12. The molecular formula is C28H29N3O4. The van der Waals surface area contributed by atoms with Gasteiger partial charge in [0.2, 0.25) is 5.91 Å². The van der Waals surface area contributed by atoms with E-state index in [1.807, 2.05) is 86.6 Å². The van der Waals surface area contributed by atoms with Crippen molar-refractivity contribution in [2.24, 2.45) is 0 Å². The fourth-order valence-electron chi connectivity index (χ4n) is 3.45. The first-order valence-electron chi connectivity index (χ1n) is 11.3. The van der Waals surface area contributed by atoms with Crippen molar-refractivity contribution in [1.29, 1.82) is 0 Å². The van der Waals surface area contributed by atoms with Gasteiger partial charge in [-0.05, 0) is 61.9 Å². The number of para-hydroxylation sites is 1. The smallest absolute Gasteiger partial charge is 0.355 e. The quantitative estimate of drug-likeness (QED) is 0.343. The molecule has 7 heteroatoms. The van der Waals surface area contributed by atoms with E-state index in [-0.39, 0.29) is 17.6 Å². The van der Waals surface area contributed by atoms with Gasteiger partial charge in [-0.2, -0.15) is 0 Å². The first kappa shape index (κ1) is 25.2. The zero-order valence-corrected chi connectivity index (χ0v) is 20.0. The Labute approximate surface area is 205 Å². The lowest BCUT2D eigenvalue weighted by molar-refractivity contribution is -0.144. The molecule has 7 nitrogen and oxygen atoms in total. The standard InChI is InChI=1S/C28H29N3O4/c1-20(2)31(25-16-14-24(15-17-25)30-23-12-8-5-9-13-23)27(33)19-35-28(34)26(29-21(3)32)18-22-10-6-4-7-11-22/h4-18,20,30H,19H2,1-3H3,(H,29,32)/b26-18-. The number of esters is 1. The number of carbonyl (C=O) groups is 3. The maximum absolute atomic E-state index is 13.0. The molecule has 0 fully saturated rings. The van der Waals surface area contributed by atoms with E-state index in [9.17, 15) is 14.4 Å². The fourth-order valence-corrected chi connectivity index (χ4v) is 3.45. The van der Waals surface area contributed by atoms with Gasteiger partial charge in [-0.15, -0.1) is 0 Å². The van der Waals surface area contributed by atoms with Crippen LogP contribution in [0.15, 0.2) is 90.6 Å². The third-order valence-corrected chi connectivity index (χ3v) is 4.96. The molecule has 0 spiro atoms. The Balaban J connectivity index is 1.68. The number of rotatable bonds is 9. The first-order chi connectivity index (χ1) is 16.8. The van der Waals surface area contributed by atoms with Gasteiger partial charge in [0.1, 0.15) is 5.70 Å². The Bertz CT molecular complexity index is 1170. The van der Waals surface area contributed by atoms with Crippen LogP contribution in [-0.4, -0.2) is 30.4 Å². The SMILES string of the molecule is CC(=O)N/C(=C\c1ccccc1)C(=O)OCC(=O)N(c1ccc(Nc2ccccc2)cc1)C(C)C. The van der Waals surface area contributed by atoms with Crippen LogP contribution in [0.25, 0.3) is 6.08 Å². The highest BCUT2D eigenvalue weighted by Gasteiger charge is 2.22. The fraction of sp³-hybridized carbons (Fsp3) is 0.179. The van der Waals surface area contributed by atoms with E-state index in [0.29, 0.717) is 11.3 Å². The number of anilines is 3. The van der Waals surface area contributed by atoms with Crippen molar-refractivity contribution in [3.8, 4) is 0 Å². The highest BCUT2D eigenvalue weighted by Crippen LogP contribution is 2.23. The van der Waals surface area contributed by atoms with Gasteiger partial charge in [0.15, 0.2) is 6.61 Å². The number of carbonyl (C=O) groups excluding carboxylic acids is 3. The summed E-state index contributed by atoms with van der Waals surface area (Å²) in [7, 11) is 0. The lowest BCUT2D eigenvalue weighted by Crippen LogP contribution is -2.40. The Kier molecular flexibility index (Phi) is 8.78. The van der Waals surface area contributed by atoms with Crippen LogP contribution in [0.1, 0.15) is 26.3 Å². The van der Waals surface area contributed by atoms with Crippen LogP contribution in [0.3, 0.4) is 0 Å². The Hall–Kier alpha value is -4.39. The minimum absolute atomic E-state index is 0.0380. The summed E-state index contributed by atoms with van der Waals surface area (Å²) in [5.74, 6) is -1.58. The lowest BCUT2D eigenvalue weighted by Gasteiger charge is -2.27. The van der Waals surface area contributed by atoms with E-state index in [4.69, 9.17) is 4.74 Å². The van der Waals surface area contributed by atoms with Crippen LogP contribution >= 0.6 is 0 Å². The topological polar surface area (TPSA) is 87.7 Å². The van der Waals surface area contributed by atoms with Gasteiger partial charge in [-0.1, -0.05) is 48.5 Å². The van der Waals surface area contributed by atoms with Gasteiger partial charge in [0.25, 0.3) is 5.91 Å². The van der Waals surface area contributed by atoms with Crippen LogP contribution in [-0.2, 0) is 19.1 Å².